The average Bonchev–Trinajstić information content (AvgIpc) is 3.62. The van der Waals surface area contributed by atoms with E-state index < -0.39 is 22.7 Å². The van der Waals surface area contributed by atoms with E-state index in [0.717, 1.165) is 25.8 Å². The average molecular weight is 658 g/mol. The smallest absolute Gasteiger partial charge is 0.318 e. The van der Waals surface area contributed by atoms with Crippen LogP contribution in [0.2, 0.25) is 0 Å². The number of aromatic hydroxyl groups is 1. The Labute approximate surface area is 271 Å². The zero-order valence-corrected chi connectivity index (χ0v) is 26.8. The maximum Gasteiger partial charge on any atom is 0.318 e. The maximum absolute atomic E-state index is 16.2. The second kappa shape index (κ2) is 13.4. The van der Waals surface area contributed by atoms with Crippen LogP contribution in [-0.4, -0.2) is 87.0 Å². The van der Waals surface area contributed by atoms with Crippen LogP contribution in [0.4, 0.5) is 19.0 Å². The van der Waals surface area contributed by atoms with Crippen molar-refractivity contribution in [2.24, 2.45) is 0 Å². The summed E-state index contributed by atoms with van der Waals surface area (Å²) in [7, 11) is 1.40. The number of fused-ring (bicyclic) bond motifs is 3. The molecule has 4 aromatic rings. The van der Waals surface area contributed by atoms with Gasteiger partial charge in [0, 0.05) is 44.0 Å². The van der Waals surface area contributed by atoms with Crippen molar-refractivity contribution in [2.45, 2.75) is 69.0 Å². The van der Waals surface area contributed by atoms with Crippen molar-refractivity contribution in [3.05, 3.63) is 47.7 Å². The largest absolute Gasteiger partial charge is 0.508 e. The minimum Gasteiger partial charge on any atom is -0.508 e. The van der Waals surface area contributed by atoms with Crippen molar-refractivity contribution < 1.29 is 28.1 Å². The number of methoxy groups -OCH3 is 1. The summed E-state index contributed by atoms with van der Waals surface area (Å²) in [6.45, 7) is 4.67. The molecule has 0 radical (unpaired) electrons. The fourth-order valence-electron chi connectivity index (χ4n) is 7.27. The van der Waals surface area contributed by atoms with E-state index >= 15 is 4.39 Å². The fourth-order valence-corrected chi connectivity index (χ4v) is 7.64. The molecule has 2 unspecified atom stereocenters. The van der Waals surface area contributed by atoms with Crippen LogP contribution < -0.4 is 9.64 Å². The number of nitrogens with zero attached hydrogens (tertiary/aromatic N) is 5. The Morgan fingerprint density at radius 2 is 1.98 bits per heavy atom. The van der Waals surface area contributed by atoms with E-state index in [1.165, 1.54) is 44.3 Å². The van der Waals surface area contributed by atoms with Crippen LogP contribution in [0.25, 0.3) is 32.9 Å². The molecule has 246 valence electrons. The number of halogens is 4. The Morgan fingerprint density at radius 1 is 1.15 bits per heavy atom. The normalized spacial score (nSPS) is 23.1. The summed E-state index contributed by atoms with van der Waals surface area (Å²) >= 11 is 6.77. The predicted molar refractivity (Wildman–Crippen MR) is 174 cm³/mol. The number of rotatable bonds is 6. The Kier molecular flexibility index (Phi) is 9.45. The van der Waals surface area contributed by atoms with Gasteiger partial charge in [-0.1, -0.05) is 13.0 Å². The highest BCUT2D eigenvalue weighted by Gasteiger charge is 2.36. The monoisotopic (exact) mass is 657 g/mol. The van der Waals surface area contributed by atoms with Crippen LogP contribution in [-0.2, 0) is 6.42 Å². The molecule has 0 amide bonds. The number of pyridine rings is 1. The van der Waals surface area contributed by atoms with Gasteiger partial charge >= 0.3 is 6.01 Å². The first-order chi connectivity index (χ1) is 22.1. The molecule has 0 saturated carbocycles. The molecule has 46 heavy (non-hydrogen) atoms. The lowest BCUT2D eigenvalue weighted by molar-refractivity contribution is 0.255. The van der Waals surface area contributed by atoms with Gasteiger partial charge in [-0.25, -0.2) is 13.2 Å². The first kappa shape index (κ1) is 32.5. The summed E-state index contributed by atoms with van der Waals surface area (Å²) in [6, 6.07) is 6.38. The third-order valence-electron chi connectivity index (χ3n) is 9.43. The highest BCUT2D eigenvalue weighted by Crippen LogP contribution is 2.40. The van der Waals surface area contributed by atoms with Gasteiger partial charge in [-0.3, -0.25) is 9.88 Å². The molecule has 0 spiro atoms. The molecule has 3 saturated heterocycles. The van der Waals surface area contributed by atoms with Crippen molar-refractivity contribution in [1.29, 1.82) is 0 Å². The number of phenolic OH excluding ortho intramolecular Hbond substituents is 1. The van der Waals surface area contributed by atoms with Gasteiger partial charge in [0.15, 0.2) is 5.82 Å². The Morgan fingerprint density at radius 3 is 2.72 bits per heavy atom. The number of aryl methyl sites for hydroxylation is 1. The molecule has 7 rings (SSSR count). The fraction of sp³-hybridized carbons (Fsp3) is 0.500. The minimum atomic E-state index is -0.734. The molecule has 2 aromatic heterocycles. The van der Waals surface area contributed by atoms with Gasteiger partial charge in [0.2, 0.25) is 0 Å². The SMILES string of the molecule is CCc1c(F)ccc2cc(O)cc(-c3ncc4c(N5CCCC(Cl)(CCO)C5)nc(OC)nc4c3F)c12.F[C@@H]1CC2CCCN2C1. The number of aromatic nitrogens is 3. The number of hydrogen-bond donors (Lipinski definition) is 2. The first-order valence-corrected chi connectivity index (χ1v) is 16.3. The van der Waals surface area contributed by atoms with E-state index in [9.17, 15) is 19.0 Å². The van der Waals surface area contributed by atoms with Crippen molar-refractivity contribution in [2.75, 3.05) is 44.8 Å². The van der Waals surface area contributed by atoms with Crippen LogP contribution in [0.3, 0.4) is 0 Å². The van der Waals surface area contributed by atoms with Crippen LogP contribution in [0.5, 0.6) is 11.8 Å². The van der Waals surface area contributed by atoms with Gasteiger partial charge in [0.25, 0.3) is 0 Å². The molecule has 12 heteroatoms. The molecule has 3 aliphatic heterocycles. The number of piperidine rings is 1. The Bertz CT molecular complexity index is 1730. The highest BCUT2D eigenvalue weighted by atomic mass is 35.5. The number of aliphatic hydroxyl groups is 1. The topological polar surface area (TPSA) is 94.8 Å². The maximum atomic E-state index is 16.2. The van der Waals surface area contributed by atoms with Gasteiger partial charge in [-0.15, -0.1) is 11.6 Å². The zero-order chi connectivity index (χ0) is 32.6. The molecular weight excluding hydrogens is 619 g/mol. The van der Waals surface area contributed by atoms with Crippen molar-refractivity contribution in [1.82, 2.24) is 19.9 Å². The molecule has 3 aliphatic rings. The predicted octanol–water partition coefficient (Wildman–Crippen LogP) is 6.55. The highest BCUT2D eigenvalue weighted by molar-refractivity contribution is 6.24. The quantitative estimate of drug-likeness (QED) is 0.226. The summed E-state index contributed by atoms with van der Waals surface area (Å²) in [4.78, 5) is 16.8. The van der Waals surface area contributed by atoms with Gasteiger partial charge in [-0.05, 0) is 86.0 Å². The molecule has 2 N–H and O–H groups in total. The second-order valence-corrected chi connectivity index (χ2v) is 13.3. The molecule has 3 atom stereocenters. The molecule has 2 aromatic carbocycles. The number of ether oxygens (including phenoxy) is 1. The van der Waals surface area contributed by atoms with Crippen LogP contribution >= 0.6 is 11.6 Å². The van der Waals surface area contributed by atoms with Crippen molar-refractivity contribution >= 4 is 39.1 Å². The lowest BCUT2D eigenvalue weighted by Gasteiger charge is -2.39. The van der Waals surface area contributed by atoms with Gasteiger partial charge in [0.1, 0.15) is 34.8 Å². The molecule has 5 heterocycles. The van der Waals surface area contributed by atoms with Crippen LogP contribution in [0.15, 0.2) is 30.5 Å². The van der Waals surface area contributed by atoms with Gasteiger partial charge in [0.05, 0.1) is 17.4 Å². The van der Waals surface area contributed by atoms with Crippen molar-refractivity contribution in [3.8, 4) is 23.0 Å². The van der Waals surface area contributed by atoms with E-state index in [4.69, 9.17) is 16.3 Å². The molecule has 0 bridgehead atoms. The van der Waals surface area contributed by atoms with E-state index in [1.54, 1.807) is 6.07 Å². The number of alkyl halides is 2. The summed E-state index contributed by atoms with van der Waals surface area (Å²) in [5, 5.41) is 21.3. The number of phenols is 1. The van der Waals surface area contributed by atoms with Gasteiger partial charge < -0.3 is 19.8 Å². The van der Waals surface area contributed by atoms with E-state index in [2.05, 4.69) is 19.9 Å². The standard InChI is InChI=1S/C27H27ClF2N4O3.C7H12FN/c1-3-17-20(29)6-5-15-11-16(36)12-18(21(15)17)23-22(30)24-19(13-31-23)25(33-26(32-24)37-2)34-9-4-7-27(28,14-34)8-10-35;8-6-4-7-2-1-3-9(7)5-6/h5-6,11-13,35-36H,3-4,7-10,14H2,1-2H3;6-7H,1-5H2/t;6-,7?/m.1/s1. The summed E-state index contributed by atoms with van der Waals surface area (Å²) < 4.78 is 48.8. The van der Waals surface area contributed by atoms with Crippen LogP contribution in [0.1, 0.15) is 51.0 Å². The minimum absolute atomic E-state index is 0.00861. The summed E-state index contributed by atoms with van der Waals surface area (Å²) in [5.41, 5.74) is 0.604. The van der Waals surface area contributed by atoms with Crippen LogP contribution in [0, 0.1) is 11.6 Å². The number of benzene rings is 2. The molecule has 8 nitrogen and oxygen atoms in total. The molecular formula is C34H39ClF3N5O3. The number of anilines is 1. The summed E-state index contributed by atoms with van der Waals surface area (Å²) in [5.74, 6) is -0.799. The van der Waals surface area contributed by atoms with E-state index in [-0.39, 0.29) is 35.1 Å². The lowest BCUT2D eigenvalue weighted by atomic mass is 9.93. The third kappa shape index (κ3) is 6.29. The zero-order valence-electron chi connectivity index (χ0n) is 26.1. The van der Waals surface area contributed by atoms with E-state index in [0.29, 0.717) is 66.1 Å². The van der Waals surface area contributed by atoms with E-state index in [1.807, 2.05) is 11.8 Å². The Hall–Kier alpha value is -3.41. The Balaban J connectivity index is 0.000000352. The molecule has 0 aliphatic carbocycles. The summed E-state index contributed by atoms with van der Waals surface area (Å²) in [6.07, 6.45) is 6.60. The number of aliphatic hydroxyl groups excluding tert-OH is 1. The molecule has 3 fully saturated rings. The number of hydrogen-bond acceptors (Lipinski definition) is 8. The first-order valence-electron chi connectivity index (χ1n) is 15.9. The lowest BCUT2D eigenvalue weighted by Crippen LogP contribution is -2.45. The second-order valence-electron chi connectivity index (χ2n) is 12.5. The third-order valence-corrected chi connectivity index (χ3v) is 9.93. The van der Waals surface area contributed by atoms with Gasteiger partial charge in [-0.2, -0.15) is 9.97 Å². The van der Waals surface area contributed by atoms with Crippen molar-refractivity contribution in [3.63, 3.8) is 0 Å².